The van der Waals surface area contributed by atoms with Gasteiger partial charge in [0.2, 0.25) is 0 Å². The van der Waals surface area contributed by atoms with E-state index in [4.69, 9.17) is 13.9 Å². The molecule has 0 aliphatic heterocycles. The van der Waals surface area contributed by atoms with E-state index < -0.39 is 0 Å². The number of methoxy groups -OCH3 is 2. The maximum Gasteiger partial charge on any atom is 0.287 e. The number of nitrogens with one attached hydrogen (secondary N) is 1. The molecule has 1 N–H and O–H groups in total. The Labute approximate surface area is 102 Å². The standard InChI is InChI=1S/C10H14BrNO4/c1-14-6-7(15-2)5-12-10(13)8-3-4-9(11)16-8/h3-4,7H,5-6H2,1-2H3,(H,12,13). The summed E-state index contributed by atoms with van der Waals surface area (Å²) >= 11 is 3.13. The molecule has 1 rings (SSSR count). The van der Waals surface area contributed by atoms with Crippen LogP contribution in [0.25, 0.3) is 0 Å². The van der Waals surface area contributed by atoms with Crippen LogP contribution in [0.5, 0.6) is 0 Å². The molecule has 0 aliphatic rings. The predicted octanol–water partition coefficient (Wildman–Crippen LogP) is 1.43. The van der Waals surface area contributed by atoms with Crippen LogP contribution in [0, 0.1) is 0 Å². The molecular weight excluding hydrogens is 278 g/mol. The van der Waals surface area contributed by atoms with E-state index in [0.29, 0.717) is 17.8 Å². The molecule has 0 radical (unpaired) electrons. The fraction of sp³-hybridized carbons (Fsp3) is 0.500. The zero-order valence-electron chi connectivity index (χ0n) is 9.16. The SMILES string of the molecule is COCC(CNC(=O)c1ccc(Br)o1)OC. The molecule has 0 spiro atoms. The second-order valence-electron chi connectivity index (χ2n) is 3.13. The van der Waals surface area contributed by atoms with Gasteiger partial charge in [-0.05, 0) is 28.1 Å². The number of furan rings is 1. The van der Waals surface area contributed by atoms with Gasteiger partial charge in [-0.2, -0.15) is 0 Å². The van der Waals surface area contributed by atoms with Crippen LogP contribution in [0.2, 0.25) is 0 Å². The first-order valence-corrected chi connectivity index (χ1v) is 5.52. The summed E-state index contributed by atoms with van der Waals surface area (Å²) in [4.78, 5) is 11.6. The first-order chi connectivity index (χ1) is 7.67. The third-order valence-corrected chi connectivity index (χ3v) is 2.40. The van der Waals surface area contributed by atoms with Crippen LogP contribution in [0.15, 0.2) is 21.2 Å². The van der Waals surface area contributed by atoms with Crippen molar-refractivity contribution in [1.82, 2.24) is 5.32 Å². The Morgan fingerprint density at radius 2 is 2.31 bits per heavy atom. The second-order valence-corrected chi connectivity index (χ2v) is 3.91. The number of ether oxygens (including phenoxy) is 2. The van der Waals surface area contributed by atoms with E-state index in [1.165, 1.54) is 0 Å². The lowest BCUT2D eigenvalue weighted by molar-refractivity contribution is 0.0283. The minimum Gasteiger partial charge on any atom is -0.444 e. The quantitative estimate of drug-likeness (QED) is 0.861. The Morgan fingerprint density at radius 3 is 2.81 bits per heavy atom. The number of hydrogen-bond acceptors (Lipinski definition) is 4. The first-order valence-electron chi connectivity index (χ1n) is 4.72. The molecule has 0 aliphatic carbocycles. The Balaban J connectivity index is 2.40. The molecule has 90 valence electrons. The van der Waals surface area contributed by atoms with Crippen molar-refractivity contribution in [3.05, 3.63) is 22.6 Å². The summed E-state index contributed by atoms with van der Waals surface area (Å²) in [6, 6.07) is 3.26. The third-order valence-electron chi connectivity index (χ3n) is 1.97. The van der Waals surface area contributed by atoms with Gasteiger partial charge in [-0.25, -0.2) is 0 Å². The van der Waals surface area contributed by atoms with E-state index in [2.05, 4.69) is 21.2 Å². The van der Waals surface area contributed by atoms with Crippen molar-refractivity contribution in [2.75, 3.05) is 27.4 Å². The molecule has 1 aromatic rings. The molecular formula is C10H14BrNO4. The average molecular weight is 292 g/mol. The summed E-state index contributed by atoms with van der Waals surface area (Å²) in [6.07, 6.45) is -0.160. The first kappa shape index (κ1) is 13.2. The monoisotopic (exact) mass is 291 g/mol. The van der Waals surface area contributed by atoms with Gasteiger partial charge in [0, 0.05) is 20.8 Å². The van der Waals surface area contributed by atoms with E-state index in [-0.39, 0.29) is 17.8 Å². The molecule has 0 aromatic carbocycles. The number of rotatable bonds is 6. The molecule has 1 unspecified atom stereocenters. The third kappa shape index (κ3) is 3.96. The molecule has 1 heterocycles. The van der Waals surface area contributed by atoms with Gasteiger partial charge in [0.05, 0.1) is 12.7 Å². The van der Waals surface area contributed by atoms with E-state index in [9.17, 15) is 4.79 Å². The topological polar surface area (TPSA) is 60.7 Å². The van der Waals surface area contributed by atoms with E-state index in [0.717, 1.165) is 0 Å². The van der Waals surface area contributed by atoms with Crippen molar-refractivity contribution in [2.24, 2.45) is 0 Å². The molecule has 6 heteroatoms. The highest BCUT2D eigenvalue weighted by atomic mass is 79.9. The average Bonchev–Trinajstić information content (AvgIpc) is 2.70. The molecule has 0 saturated heterocycles. The lowest BCUT2D eigenvalue weighted by atomic mass is 10.3. The minimum atomic E-state index is -0.274. The van der Waals surface area contributed by atoms with Crippen LogP contribution in [0.4, 0.5) is 0 Å². The van der Waals surface area contributed by atoms with Gasteiger partial charge in [-0.1, -0.05) is 0 Å². The van der Waals surface area contributed by atoms with Crippen LogP contribution >= 0.6 is 15.9 Å². The summed E-state index contributed by atoms with van der Waals surface area (Å²) in [6.45, 7) is 0.806. The zero-order valence-corrected chi connectivity index (χ0v) is 10.7. The maximum atomic E-state index is 11.6. The summed E-state index contributed by atoms with van der Waals surface area (Å²) < 4.78 is 15.7. The van der Waals surface area contributed by atoms with Crippen LogP contribution < -0.4 is 5.32 Å². The van der Waals surface area contributed by atoms with Crippen LogP contribution in [-0.2, 0) is 9.47 Å². The van der Waals surface area contributed by atoms with Crippen molar-refractivity contribution in [3.63, 3.8) is 0 Å². The van der Waals surface area contributed by atoms with E-state index in [1.807, 2.05) is 0 Å². The minimum absolute atomic E-state index is 0.160. The normalized spacial score (nSPS) is 12.4. The van der Waals surface area contributed by atoms with Crippen LogP contribution in [-0.4, -0.2) is 39.4 Å². The number of carbonyl (C=O) groups is 1. The lowest BCUT2D eigenvalue weighted by Crippen LogP contribution is -2.35. The van der Waals surface area contributed by atoms with Crippen molar-refractivity contribution in [3.8, 4) is 0 Å². The molecule has 0 fully saturated rings. The molecule has 0 saturated carbocycles. The maximum absolute atomic E-state index is 11.6. The number of hydrogen-bond donors (Lipinski definition) is 1. The summed E-state index contributed by atoms with van der Waals surface area (Å²) in [5.74, 6) is -0.0111. The predicted molar refractivity (Wildman–Crippen MR) is 61.4 cm³/mol. The Kier molecular flexibility index (Phi) is 5.51. The molecule has 1 aromatic heterocycles. The molecule has 16 heavy (non-hydrogen) atoms. The molecule has 5 nitrogen and oxygen atoms in total. The van der Waals surface area contributed by atoms with Crippen LogP contribution in [0.3, 0.4) is 0 Å². The molecule has 0 bridgehead atoms. The molecule has 1 atom stereocenters. The molecule has 1 amide bonds. The van der Waals surface area contributed by atoms with Gasteiger partial charge in [0.1, 0.15) is 0 Å². The number of amides is 1. The number of halogens is 1. The fourth-order valence-electron chi connectivity index (χ4n) is 1.13. The summed E-state index contributed by atoms with van der Waals surface area (Å²) in [7, 11) is 3.15. The number of carbonyl (C=O) groups excluding carboxylic acids is 1. The van der Waals surface area contributed by atoms with Crippen molar-refractivity contribution >= 4 is 21.8 Å². The van der Waals surface area contributed by atoms with Gasteiger partial charge in [0.25, 0.3) is 5.91 Å². The largest absolute Gasteiger partial charge is 0.444 e. The highest BCUT2D eigenvalue weighted by Crippen LogP contribution is 2.13. The van der Waals surface area contributed by atoms with Gasteiger partial charge in [-0.15, -0.1) is 0 Å². The van der Waals surface area contributed by atoms with E-state index >= 15 is 0 Å². The Morgan fingerprint density at radius 1 is 1.56 bits per heavy atom. The van der Waals surface area contributed by atoms with Gasteiger partial charge in [0.15, 0.2) is 10.4 Å². The second kappa shape index (κ2) is 6.67. The fourth-order valence-corrected chi connectivity index (χ4v) is 1.43. The van der Waals surface area contributed by atoms with Crippen molar-refractivity contribution < 1.29 is 18.7 Å². The Bertz CT molecular complexity index is 339. The summed E-state index contributed by atoms with van der Waals surface area (Å²) in [5.41, 5.74) is 0. The van der Waals surface area contributed by atoms with Gasteiger partial charge < -0.3 is 19.2 Å². The highest BCUT2D eigenvalue weighted by Gasteiger charge is 2.13. The highest BCUT2D eigenvalue weighted by molar-refractivity contribution is 9.10. The smallest absolute Gasteiger partial charge is 0.287 e. The van der Waals surface area contributed by atoms with Crippen molar-refractivity contribution in [2.45, 2.75) is 6.10 Å². The van der Waals surface area contributed by atoms with Crippen LogP contribution in [0.1, 0.15) is 10.6 Å². The van der Waals surface area contributed by atoms with Gasteiger partial charge in [-0.3, -0.25) is 4.79 Å². The van der Waals surface area contributed by atoms with E-state index in [1.54, 1.807) is 26.4 Å². The van der Waals surface area contributed by atoms with Gasteiger partial charge >= 0.3 is 0 Å². The lowest BCUT2D eigenvalue weighted by Gasteiger charge is -2.14. The zero-order chi connectivity index (χ0) is 12.0. The Hall–Kier alpha value is -0.850. The van der Waals surface area contributed by atoms with Crippen molar-refractivity contribution in [1.29, 1.82) is 0 Å². The summed E-state index contributed by atoms with van der Waals surface area (Å²) in [5, 5.41) is 2.69.